The molecule has 1 aliphatic rings. The number of aromatic nitrogens is 2. The molecule has 1 amide bonds. The molecule has 9 heteroatoms. The molecular weight excluding hydrogens is 511 g/mol. The van der Waals surface area contributed by atoms with Crippen LogP contribution in [0.1, 0.15) is 46.1 Å². The molecule has 0 atom stereocenters. The molecule has 0 spiro atoms. The smallest absolute Gasteiger partial charge is 0.408 e. The lowest BCUT2D eigenvalue weighted by Crippen LogP contribution is -2.61. The summed E-state index contributed by atoms with van der Waals surface area (Å²) in [4.78, 5) is 25.4. The fourth-order valence-corrected chi connectivity index (χ4v) is 5.37. The Morgan fingerprint density at radius 3 is 2.41 bits per heavy atom. The third-order valence-corrected chi connectivity index (χ3v) is 7.54. The molecule has 2 heterocycles. The van der Waals surface area contributed by atoms with Crippen LogP contribution in [0.5, 0.6) is 5.88 Å². The number of hydrogen-bond donors (Lipinski definition) is 1. The van der Waals surface area contributed by atoms with Crippen LogP contribution in [0.4, 0.5) is 10.6 Å². The first-order chi connectivity index (χ1) is 17.5. The lowest BCUT2D eigenvalue weighted by molar-refractivity contribution is 0.0118. The Kier molecular flexibility index (Phi) is 7.85. The standard InChI is InChI=1S/C28H32Cl2N4O3/c1-27(2,3)34(26(35)36)28(4)13-15-33(16-14-28)22-17-31-24(20-11-8-12-21(29)23(20)30)25(32-22)37-18-19-9-6-5-7-10-19/h5-12,17H,13-16,18H2,1-4H3,(H,35,36). The van der Waals surface area contributed by atoms with E-state index >= 15 is 0 Å². The highest BCUT2D eigenvalue weighted by molar-refractivity contribution is 6.43. The Morgan fingerprint density at radius 1 is 1.11 bits per heavy atom. The monoisotopic (exact) mass is 542 g/mol. The summed E-state index contributed by atoms with van der Waals surface area (Å²) in [6.07, 6.45) is 2.15. The van der Waals surface area contributed by atoms with Crippen LogP contribution in [-0.2, 0) is 6.61 Å². The quantitative estimate of drug-likeness (QED) is 0.355. The molecule has 7 nitrogen and oxygen atoms in total. The minimum Gasteiger partial charge on any atom is -0.471 e. The van der Waals surface area contributed by atoms with Crippen LogP contribution in [0, 0.1) is 0 Å². The second-order valence-corrected chi connectivity index (χ2v) is 11.3. The van der Waals surface area contributed by atoms with Crippen molar-refractivity contribution < 1.29 is 14.6 Å². The number of rotatable bonds is 6. The molecule has 0 bridgehead atoms. The third kappa shape index (κ3) is 5.94. The number of ether oxygens (including phenoxy) is 1. The Bertz CT molecular complexity index is 1260. The molecular formula is C28H32Cl2N4O3. The van der Waals surface area contributed by atoms with Gasteiger partial charge in [0, 0.05) is 29.7 Å². The van der Waals surface area contributed by atoms with Gasteiger partial charge >= 0.3 is 6.09 Å². The first-order valence-electron chi connectivity index (χ1n) is 12.3. The highest BCUT2D eigenvalue weighted by Crippen LogP contribution is 2.39. The summed E-state index contributed by atoms with van der Waals surface area (Å²) in [7, 11) is 0. The van der Waals surface area contributed by atoms with Gasteiger partial charge in [0.1, 0.15) is 12.3 Å². The molecule has 1 saturated heterocycles. The van der Waals surface area contributed by atoms with Crippen molar-refractivity contribution in [3.8, 4) is 17.1 Å². The van der Waals surface area contributed by atoms with Crippen molar-refractivity contribution in [1.29, 1.82) is 0 Å². The van der Waals surface area contributed by atoms with Gasteiger partial charge in [0.15, 0.2) is 5.82 Å². The van der Waals surface area contributed by atoms with Gasteiger partial charge in [-0.25, -0.2) is 9.78 Å². The number of hydrogen-bond acceptors (Lipinski definition) is 5. The SMILES string of the molecule is CC(C)(C)N(C(=O)O)C1(C)CCN(c2cnc(-c3cccc(Cl)c3Cl)c(OCc3ccccc3)n2)CC1. The lowest BCUT2D eigenvalue weighted by atomic mass is 9.84. The average Bonchev–Trinajstić information content (AvgIpc) is 2.84. The Labute approximate surface area is 228 Å². The molecule has 2 aromatic carbocycles. The molecule has 4 rings (SSSR count). The largest absolute Gasteiger partial charge is 0.471 e. The number of benzene rings is 2. The predicted molar refractivity (Wildman–Crippen MR) is 148 cm³/mol. The van der Waals surface area contributed by atoms with Gasteiger partial charge in [0.25, 0.3) is 0 Å². The fourth-order valence-electron chi connectivity index (χ4n) is 4.98. The second kappa shape index (κ2) is 10.8. The highest BCUT2D eigenvalue weighted by Gasteiger charge is 2.44. The van der Waals surface area contributed by atoms with Crippen LogP contribution in [0.3, 0.4) is 0 Å². The van der Waals surface area contributed by atoms with E-state index < -0.39 is 17.2 Å². The maximum Gasteiger partial charge on any atom is 0.408 e. The van der Waals surface area contributed by atoms with E-state index in [2.05, 4.69) is 4.90 Å². The number of halogens is 2. The molecule has 0 unspecified atom stereocenters. The summed E-state index contributed by atoms with van der Waals surface area (Å²) in [6.45, 7) is 9.41. The second-order valence-electron chi connectivity index (χ2n) is 10.5. The molecule has 0 aliphatic carbocycles. The maximum atomic E-state index is 12.1. The third-order valence-electron chi connectivity index (χ3n) is 6.72. The van der Waals surface area contributed by atoms with Crippen LogP contribution in [-0.4, -0.2) is 50.2 Å². The molecule has 1 fully saturated rings. The minimum absolute atomic E-state index is 0.321. The molecule has 3 aromatic rings. The van der Waals surface area contributed by atoms with Gasteiger partial charge < -0.3 is 14.7 Å². The van der Waals surface area contributed by atoms with Crippen LogP contribution in [0.15, 0.2) is 54.7 Å². The lowest BCUT2D eigenvalue weighted by Gasteiger charge is -2.51. The van der Waals surface area contributed by atoms with E-state index in [-0.39, 0.29) is 0 Å². The normalized spacial score (nSPS) is 15.4. The van der Waals surface area contributed by atoms with Crippen molar-refractivity contribution in [2.45, 2.75) is 58.2 Å². The summed E-state index contributed by atoms with van der Waals surface area (Å²) < 4.78 is 6.17. The van der Waals surface area contributed by atoms with Crippen molar-refractivity contribution in [2.75, 3.05) is 18.0 Å². The topological polar surface area (TPSA) is 78.8 Å². The number of anilines is 1. The predicted octanol–water partition coefficient (Wildman–Crippen LogP) is 7.17. The van der Waals surface area contributed by atoms with Gasteiger partial charge in [-0.3, -0.25) is 4.90 Å². The highest BCUT2D eigenvalue weighted by atomic mass is 35.5. The van der Waals surface area contributed by atoms with Crippen LogP contribution < -0.4 is 9.64 Å². The Morgan fingerprint density at radius 2 is 1.78 bits per heavy atom. The average molecular weight is 543 g/mol. The summed E-state index contributed by atoms with van der Waals surface area (Å²) in [5.41, 5.74) is 1.18. The maximum absolute atomic E-state index is 12.1. The fraction of sp³-hybridized carbons (Fsp3) is 0.393. The van der Waals surface area contributed by atoms with Crippen molar-refractivity contribution >= 4 is 35.1 Å². The van der Waals surface area contributed by atoms with Crippen molar-refractivity contribution in [3.63, 3.8) is 0 Å². The molecule has 1 aromatic heterocycles. The van der Waals surface area contributed by atoms with E-state index in [4.69, 9.17) is 37.9 Å². The van der Waals surface area contributed by atoms with Crippen LogP contribution in [0.2, 0.25) is 10.0 Å². The van der Waals surface area contributed by atoms with Crippen LogP contribution >= 0.6 is 23.2 Å². The van der Waals surface area contributed by atoms with Gasteiger partial charge in [-0.05, 0) is 52.2 Å². The first-order valence-corrected chi connectivity index (χ1v) is 13.0. The Balaban J connectivity index is 1.62. The molecule has 0 radical (unpaired) electrons. The van der Waals surface area contributed by atoms with Gasteiger partial charge in [0.05, 0.1) is 16.2 Å². The van der Waals surface area contributed by atoms with Gasteiger partial charge in [-0.2, -0.15) is 4.98 Å². The van der Waals surface area contributed by atoms with Crippen molar-refractivity contribution in [3.05, 3.63) is 70.3 Å². The van der Waals surface area contributed by atoms with E-state index in [0.717, 1.165) is 5.56 Å². The number of carboxylic acid groups (broad SMARTS) is 1. The number of amides is 1. The molecule has 196 valence electrons. The van der Waals surface area contributed by atoms with Gasteiger partial charge in [-0.1, -0.05) is 65.7 Å². The summed E-state index contributed by atoms with van der Waals surface area (Å²) >= 11 is 12.8. The van der Waals surface area contributed by atoms with Crippen molar-refractivity contribution in [1.82, 2.24) is 14.9 Å². The van der Waals surface area contributed by atoms with E-state index in [9.17, 15) is 9.90 Å². The van der Waals surface area contributed by atoms with Gasteiger partial charge in [-0.15, -0.1) is 0 Å². The minimum atomic E-state index is -0.900. The molecule has 0 saturated carbocycles. The van der Waals surface area contributed by atoms with Crippen molar-refractivity contribution in [2.24, 2.45) is 0 Å². The number of piperidine rings is 1. The molecule has 37 heavy (non-hydrogen) atoms. The zero-order valence-electron chi connectivity index (χ0n) is 21.5. The summed E-state index contributed by atoms with van der Waals surface area (Å²) in [5.74, 6) is 1.03. The van der Waals surface area contributed by atoms with E-state index in [1.54, 1.807) is 17.2 Å². The van der Waals surface area contributed by atoms with E-state index in [0.29, 0.717) is 65.5 Å². The zero-order chi connectivity index (χ0) is 26.8. The van der Waals surface area contributed by atoms with E-state index in [1.807, 2.05) is 70.2 Å². The molecule has 1 N–H and O–H groups in total. The number of carbonyl (C=O) groups is 1. The summed E-state index contributed by atoms with van der Waals surface area (Å²) in [6, 6.07) is 15.2. The van der Waals surface area contributed by atoms with Gasteiger partial charge in [0.2, 0.25) is 5.88 Å². The molecule has 1 aliphatic heterocycles. The zero-order valence-corrected chi connectivity index (χ0v) is 23.1. The summed E-state index contributed by atoms with van der Waals surface area (Å²) in [5, 5.41) is 10.7. The van der Waals surface area contributed by atoms with E-state index in [1.165, 1.54) is 0 Å². The number of nitrogens with zero attached hydrogens (tertiary/aromatic N) is 4. The Hall–Kier alpha value is -3.03. The van der Waals surface area contributed by atoms with Crippen LogP contribution in [0.25, 0.3) is 11.3 Å². The first kappa shape index (κ1) is 27.0.